The van der Waals surface area contributed by atoms with Crippen molar-refractivity contribution in [3.63, 3.8) is 0 Å². The van der Waals surface area contributed by atoms with Crippen molar-refractivity contribution in [1.82, 2.24) is 4.90 Å². The van der Waals surface area contributed by atoms with Gasteiger partial charge in [0, 0.05) is 12.1 Å². The van der Waals surface area contributed by atoms with Gasteiger partial charge in [-0.1, -0.05) is 25.5 Å². The number of nitrogens with two attached hydrogens (primary N) is 1. The van der Waals surface area contributed by atoms with E-state index in [0.717, 1.165) is 24.6 Å². The summed E-state index contributed by atoms with van der Waals surface area (Å²) < 4.78 is 13.0. The second-order valence-corrected chi connectivity index (χ2v) is 5.74. The fourth-order valence-electron chi connectivity index (χ4n) is 3.15. The zero-order valence-electron chi connectivity index (χ0n) is 12.0. The van der Waals surface area contributed by atoms with Crippen LogP contribution in [0, 0.1) is 11.7 Å². The van der Waals surface area contributed by atoms with Crippen LogP contribution in [0.2, 0.25) is 0 Å². The van der Waals surface area contributed by atoms with E-state index in [1.807, 2.05) is 19.1 Å². The maximum absolute atomic E-state index is 13.0. The van der Waals surface area contributed by atoms with Crippen LogP contribution in [-0.2, 0) is 0 Å². The molecule has 0 radical (unpaired) electrons. The smallest absolute Gasteiger partial charge is 0.123 e. The predicted octanol–water partition coefficient (Wildman–Crippen LogP) is 3.34. The summed E-state index contributed by atoms with van der Waals surface area (Å²) in [5.74, 6) is 0.676. The Morgan fingerprint density at radius 1 is 1.26 bits per heavy atom. The van der Waals surface area contributed by atoms with Crippen LogP contribution in [0.25, 0.3) is 0 Å². The van der Waals surface area contributed by atoms with Gasteiger partial charge < -0.3 is 5.73 Å². The molecule has 1 heterocycles. The standard InChI is InChI=1S/C16H25FN2/c1-3-13-8-10-19(11-9-13)16(12(2)18)14-4-6-15(17)7-5-14/h4-7,12-13,16H,3,8-11,18H2,1-2H3. The maximum Gasteiger partial charge on any atom is 0.123 e. The molecule has 1 aliphatic rings. The number of hydrogen-bond donors (Lipinski definition) is 1. The maximum atomic E-state index is 13.0. The van der Waals surface area contributed by atoms with E-state index in [2.05, 4.69) is 11.8 Å². The lowest BCUT2D eigenvalue weighted by Gasteiger charge is -2.39. The fourth-order valence-corrected chi connectivity index (χ4v) is 3.15. The highest BCUT2D eigenvalue weighted by molar-refractivity contribution is 5.21. The fraction of sp³-hybridized carbons (Fsp3) is 0.625. The van der Waals surface area contributed by atoms with Crippen molar-refractivity contribution < 1.29 is 4.39 Å². The minimum atomic E-state index is -0.183. The summed E-state index contributed by atoms with van der Waals surface area (Å²) in [4.78, 5) is 2.46. The number of halogens is 1. The molecule has 106 valence electrons. The third-order valence-corrected chi connectivity index (χ3v) is 4.33. The van der Waals surface area contributed by atoms with Gasteiger partial charge >= 0.3 is 0 Å². The second kappa shape index (κ2) is 6.49. The highest BCUT2D eigenvalue weighted by Crippen LogP contribution is 2.29. The monoisotopic (exact) mass is 264 g/mol. The van der Waals surface area contributed by atoms with E-state index in [9.17, 15) is 4.39 Å². The predicted molar refractivity (Wildman–Crippen MR) is 77.4 cm³/mol. The average Bonchev–Trinajstić information content (AvgIpc) is 2.42. The van der Waals surface area contributed by atoms with E-state index >= 15 is 0 Å². The van der Waals surface area contributed by atoms with Gasteiger partial charge in [-0.15, -0.1) is 0 Å². The molecule has 0 spiro atoms. The lowest BCUT2D eigenvalue weighted by atomic mass is 9.91. The topological polar surface area (TPSA) is 29.3 Å². The molecule has 19 heavy (non-hydrogen) atoms. The summed E-state index contributed by atoms with van der Waals surface area (Å²) in [7, 11) is 0. The molecule has 1 aromatic carbocycles. The summed E-state index contributed by atoms with van der Waals surface area (Å²) in [5, 5.41) is 0. The van der Waals surface area contributed by atoms with Crippen molar-refractivity contribution in [1.29, 1.82) is 0 Å². The zero-order chi connectivity index (χ0) is 13.8. The molecule has 0 amide bonds. The largest absolute Gasteiger partial charge is 0.326 e. The van der Waals surface area contributed by atoms with Crippen molar-refractivity contribution in [3.05, 3.63) is 35.6 Å². The first-order valence-electron chi connectivity index (χ1n) is 7.37. The zero-order valence-corrected chi connectivity index (χ0v) is 12.0. The molecule has 0 saturated carbocycles. The van der Waals surface area contributed by atoms with Gasteiger partial charge in [-0.25, -0.2) is 4.39 Å². The molecule has 2 nitrogen and oxygen atoms in total. The Balaban J connectivity index is 2.10. The van der Waals surface area contributed by atoms with Gasteiger partial charge in [0.2, 0.25) is 0 Å². The van der Waals surface area contributed by atoms with E-state index in [-0.39, 0.29) is 17.9 Å². The molecular formula is C16H25FN2. The molecule has 1 aliphatic heterocycles. The molecule has 3 heteroatoms. The molecule has 2 N–H and O–H groups in total. The quantitative estimate of drug-likeness (QED) is 0.903. The molecule has 1 fully saturated rings. The first-order chi connectivity index (χ1) is 9.11. The Kier molecular flexibility index (Phi) is 4.94. The molecule has 0 aliphatic carbocycles. The van der Waals surface area contributed by atoms with E-state index in [4.69, 9.17) is 5.73 Å². The minimum Gasteiger partial charge on any atom is -0.326 e. The lowest BCUT2D eigenvalue weighted by molar-refractivity contribution is 0.117. The Morgan fingerprint density at radius 2 is 1.84 bits per heavy atom. The van der Waals surface area contributed by atoms with E-state index in [1.54, 1.807) is 0 Å². The summed E-state index contributed by atoms with van der Waals surface area (Å²) in [6.45, 7) is 6.51. The number of rotatable bonds is 4. The minimum absolute atomic E-state index is 0.0589. The van der Waals surface area contributed by atoms with Gasteiger partial charge in [-0.2, -0.15) is 0 Å². The normalized spacial score (nSPS) is 21.3. The summed E-state index contributed by atoms with van der Waals surface area (Å²) >= 11 is 0. The second-order valence-electron chi connectivity index (χ2n) is 5.74. The SMILES string of the molecule is CCC1CCN(C(c2ccc(F)cc2)C(C)N)CC1. The molecule has 2 unspecified atom stereocenters. The summed E-state index contributed by atoms with van der Waals surface area (Å²) in [6.07, 6.45) is 3.77. The summed E-state index contributed by atoms with van der Waals surface area (Å²) in [5.41, 5.74) is 7.30. The van der Waals surface area contributed by atoms with Crippen LogP contribution < -0.4 is 5.73 Å². The third-order valence-electron chi connectivity index (χ3n) is 4.33. The average molecular weight is 264 g/mol. The van der Waals surface area contributed by atoms with Crippen LogP contribution in [-0.4, -0.2) is 24.0 Å². The molecule has 1 aromatic rings. The van der Waals surface area contributed by atoms with Crippen LogP contribution in [0.4, 0.5) is 4.39 Å². The number of likely N-dealkylation sites (tertiary alicyclic amines) is 1. The van der Waals surface area contributed by atoms with Gasteiger partial charge in [0.25, 0.3) is 0 Å². The number of nitrogens with zero attached hydrogens (tertiary/aromatic N) is 1. The molecule has 2 atom stereocenters. The van der Waals surface area contributed by atoms with Crippen molar-refractivity contribution in [2.24, 2.45) is 11.7 Å². The number of piperidine rings is 1. The Labute approximate surface area is 115 Å². The Morgan fingerprint density at radius 3 is 2.32 bits per heavy atom. The molecule has 0 bridgehead atoms. The first-order valence-corrected chi connectivity index (χ1v) is 7.37. The summed E-state index contributed by atoms with van der Waals surface area (Å²) in [6, 6.07) is 7.07. The van der Waals surface area contributed by atoms with Gasteiger partial charge in [0.15, 0.2) is 0 Å². The number of benzene rings is 1. The van der Waals surface area contributed by atoms with Crippen LogP contribution in [0.5, 0.6) is 0 Å². The van der Waals surface area contributed by atoms with Crippen molar-refractivity contribution in [2.75, 3.05) is 13.1 Å². The first kappa shape index (κ1) is 14.5. The number of hydrogen-bond acceptors (Lipinski definition) is 2. The highest BCUT2D eigenvalue weighted by atomic mass is 19.1. The van der Waals surface area contributed by atoms with Crippen molar-refractivity contribution in [2.45, 2.75) is 45.2 Å². The molecular weight excluding hydrogens is 239 g/mol. The molecule has 0 aromatic heterocycles. The van der Waals surface area contributed by atoms with Crippen molar-refractivity contribution in [3.8, 4) is 0 Å². The highest BCUT2D eigenvalue weighted by Gasteiger charge is 2.27. The lowest BCUT2D eigenvalue weighted by Crippen LogP contribution is -2.43. The Hall–Kier alpha value is -0.930. The van der Waals surface area contributed by atoms with Crippen molar-refractivity contribution >= 4 is 0 Å². The van der Waals surface area contributed by atoms with Gasteiger partial charge in [0.05, 0.1) is 0 Å². The van der Waals surface area contributed by atoms with Crippen LogP contribution in [0.3, 0.4) is 0 Å². The van der Waals surface area contributed by atoms with E-state index < -0.39 is 0 Å². The molecule has 2 rings (SSSR count). The Bertz CT molecular complexity index is 380. The third kappa shape index (κ3) is 3.54. The van der Waals surface area contributed by atoms with Gasteiger partial charge in [-0.05, 0) is 56.5 Å². The van der Waals surface area contributed by atoms with E-state index in [1.165, 1.54) is 31.4 Å². The van der Waals surface area contributed by atoms with E-state index in [0.29, 0.717) is 0 Å². The van der Waals surface area contributed by atoms with Crippen LogP contribution >= 0.6 is 0 Å². The molecule has 1 saturated heterocycles. The van der Waals surface area contributed by atoms with Crippen LogP contribution in [0.15, 0.2) is 24.3 Å². The van der Waals surface area contributed by atoms with Crippen LogP contribution in [0.1, 0.15) is 44.7 Å². The van der Waals surface area contributed by atoms with Gasteiger partial charge in [0.1, 0.15) is 5.82 Å². The van der Waals surface area contributed by atoms with Gasteiger partial charge in [-0.3, -0.25) is 4.90 Å².